The SMILES string of the molecule is CN(C)C(=O)CNC(=NCc1ccccc1)N1CCCC1.I. The highest BCUT2D eigenvalue weighted by Gasteiger charge is 2.17. The van der Waals surface area contributed by atoms with Gasteiger partial charge in [-0.05, 0) is 18.4 Å². The number of likely N-dealkylation sites (tertiary alicyclic amines) is 1. The maximum absolute atomic E-state index is 11.7. The lowest BCUT2D eigenvalue weighted by molar-refractivity contribution is -0.127. The minimum Gasteiger partial charge on any atom is -0.347 e. The maximum atomic E-state index is 11.7. The summed E-state index contributed by atoms with van der Waals surface area (Å²) in [5, 5.41) is 3.20. The van der Waals surface area contributed by atoms with Crippen molar-refractivity contribution in [1.82, 2.24) is 15.1 Å². The number of nitrogens with one attached hydrogen (secondary N) is 1. The van der Waals surface area contributed by atoms with Crippen molar-refractivity contribution in [3.63, 3.8) is 0 Å². The van der Waals surface area contributed by atoms with E-state index in [9.17, 15) is 4.79 Å². The van der Waals surface area contributed by atoms with Gasteiger partial charge in [-0.25, -0.2) is 4.99 Å². The first-order valence-corrected chi connectivity index (χ1v) is 7.44. The number of rotatable bonds is 4. The summed E-state index contributed by atoms with van der Waals surface area (Å²) in [7, 11) is 3.53. The van der Waals surface area contributed by atoms with Gasteiger partial charge in [0, 0.05) is 27.2 Å². The predicted octanol–water partition coefficient (Wildman–Crippen LogP) is 1.93. The Bertz CT molecular complexity index is 484. The average Bonchev–Trinajstić information content (AvgIpc) is 3.02. The van der Waals surface area contributed by atoms with Gasteiger partial charge in [0.15, 0.2) is 5.96 Å². The van der Waals surface area contributed by atoms with Gasteiger partial charge >= 0.3 is 0 Å². The molecule has 0 radical (unpaired) electrons. The standard InChI is InChI=1S/C16H24N4O.HI/c1-19(2)15(21)13-18-16(20-10-6-7-11-20)17-12-14-8-4-3-5-9-14;/h3-5,8-9H,6-7,10-13H2,1-2H3,(H,17,18);1H. The van der Waals surface area contributed by atoms with Crippen molar-refractivity contribution in [2.75, 3.05) is 33.7 Å². The zero-order valence-corrected chi connectivity index (χ0v) is 15.6. The van der Waals surface area contributed by atoms with E-state index in [1.807, 2.05) is 18.2 Å². The summed E-state index contributed by atoms with van der Waals surface area (Å²) in [5.74, 6) is 0.896. The van der Waals surface area contributed by atoms with Gasteiger partial charge in [0.25, 0.3) is 0 Å². The first kappa shape index (κ1) is 18.7. The summed E-state index contributed by atoms with van der Waals surface area (Å²) in [6.45, 7) is 2.94. The molecule has 0 aliphatic carbocycles. The third kappa shape index (κ3) is 5.82. The Morgan fingerprint density at radius 1 is 1.23 bits per heavy atom. The quantitative estimate of drug-likeness (QED) is 0.464. The van der Waals surface area contributed by atoms with E-state index >= 15 is 0 Å². The summed E-state index contributed by atoms with van der Waals surface area (Å²) in [5.41, 5.74) is 1.18. The van der Waals surface area contributed by atoms with Gasteiger partial charge in [-0.3, -0.25) is 4.79 Å². The van der Waals surface area contributed by atoms with Crippen LogP contribution in [-0.2, 0) is 11.3 Å². The van der Waals surface area contributed by atoms with Gasteiger partial charge in [0.05, 0.1) is 13.1 Å². The van der Waals surface area contributed by atoms with Crippen molar-refractivity contribution in [2.24, 2.45) is 4.99 Å². The Morgan fingerprint density at radius 2 is 1.86 bits per heavy atom. The van der Waals surface area contributed by atoms with E-state index in [0.29, 0.717) is 6.54 Å². The molecular weight excluding hydrogens is 391 g/mol. The first-order chi connectivity index (χ1) is 10.2. The van der Waals surface area contributed by atoms with Crippen molar-refractivity contribution in [3.8, 4) is 0 Å². The lowest BCUT2D eigenvalue weighted by Crippen LogP contribution is -2.44. The van der Waals surface area contributed by atoms with Crippen molar-refractivity contribution >= 4 is 35.8 Å². The van der Waals surface area contributed by atoms with Crippen LogP contribution in [0.25, 0.3) is 0 Å². The van der Waals surface area contributed by atoms with E-state index in [2.05, 4.69) is 27.3 Å². The third-order valence-electron chi connectivity index (χ3n) is 3.56. The molecule has 0 bridgehead atoms. The molecule has 2 rings (SSSR count). The number of guanidine groups is 1. The highest BCUT2D eigenvalue weighted by Crippen LogP contribution is 2.08. The molecule has 22 heavy (non-hydrogen) atoms. The number of amides is 1. The smallest absolute Gasteiger partial charge is 0.241 e. The number of hydrogen-bond acceptors (Lipinski definition) is 2. The normalized spacial score (nSPS) is 14.5. The Hall–Kier alpha value is -1.31. The van der Waals surface area contributed by atoms with Crippen LogP contribution in [0.3, 0.4) is 0 Å². The Kier molecular flexibility index (Phi) is 8.22. The second-order valence-corrected chi connectivity index (χ2v) is 5.46. The van der Waals surface area contributed by atoms with Crippen LogP contribution in [0.5, 0.6) is 0 Å². The fourth-order valence-corrected chi connectivity index (χ4v) is 2.26. The van der Waals surface area contributed by atoms with E-state index in [4.69, 9.17) is 0 Å². The summed E-state index contributed by atoms with van der Waals surface area (Å²) < 4.78 is 0. The minimum atomic E-state index is 0. The largest absolute Gasteiger partial charge is 0.347 e. The molecule has 1 saturated heterocycles. The lowest BCUT2D eigenvalue weighted by Gasteiger charge is -2.22. The van der Waals surface area contributed by atoms with Crippen LogP contribution < -0.4 is 5.32 Å². The van der Waals surface area contributed by atoms with Gasteiger partial charge in [-0.15, -0.1) is 24.0 Å². The van der Waals surface area contributed by atoms with Crippen LogP contribution in [0.4, 0.5) is 0 Å². The fourth-order valence-electron chi connectivity index (χ4n) is 2.26. The van der Waals surface area contributed by atoms with E-state index < -0.39 is 0 Å². The number of nitrogens with zero attached hydrogens (tertiary/aromatic N) is 3. The summed E-state index contributed by atoms with van der Waals surface area (Å²) in [4.78, 5) is 20.2. The second kappa shape index (κ2) is 9.66. The molecule has 1 aliphatic rings. The number of likely N-dealkylation sites (N-methyl/N-ethyl adjacent to an activating group) is 1. The predicted molar refractivity (Wildman–Crippen MR) is 100 cm³/mol. The van der Waals surface area contributed by atoms with Crippen molar-refractivity contribution < 1.29 is 4.79 Å². The lowest BCUT2D eigenvalue weighted by atomic mass is 10.2. The van der Waals surface area contributed by atoms with Crippen LogP contribution in [0.2, 0.25) is 0 Å². The molecule has 1 aromatic carbocycles. The van der Waals surface area contributed by atoms with E-state index in [1.165, 1.54) is 18.4 Å². The molecule has 0 saturated carbocycles. The Labute approximate surface area is 149 Å². The van der Waals surface area contributed by atoms with Gasteiger partial charge in [-0.2, -0.15) is 0 Å². The van der Waals surface area contributed by atoms with Crippen LogP contribution in [-0.4, -0.2) is 55.4 Å². The van der Waals surface area contributed by atoms with Crippen LogP contribution >= 0.6 is 24.0 Å². The summed E-state index contributed by atoms with van der Waals surface area (Å²) >= 11 is 0. The molecule has 1 fully saturated rings. The van der Waals surface area contributed by atoms with Gasteiger partial charge in [-0.1, -0.05) is 30.3 Å². The number of aliphatic imine (C=N–C) groups is 1. The minimum absolute atomic E-state index is 0. The van der Waals surface area contributed by atoms with Crippen LogP contribution in [0.1, 0.15) is 18.4 Å². The number of hydrogen-bond donors (Lipinski definition) is 1. The Balaban J connectivity index is 0.00000242. The molecule has 0 aromatic heterocycles. The molecule has 122 valence electrons. The molecule has 1 aromatic rings. The van der Waals surface area contributed by atoms with Gasteiger partial charge in [0.1, 0.15) is 0 Å². The van der Waals surface area contributed by atoms with Gasteiger partial charge in [0.2, 0.25) is 5.91 Å². The first-order valence-electron chi connectivity index (χ1n) is 7.44. The summed E-state index contributed by atoms with van der Waals surface area (Å²) in [6.07, 6.45) is 2.38. The molecule has 0 spiro atoms. The molecule has 1 aliphatic heterocycles. The highest BCUT2D eigenvalue weighted by molar-refractivity contribution is 14.0. The average molecular weight is 416 g/mol. The van der Waals surface area contributed by atoms with Gasteiger partial charge < -0.3 is 15.1 Å². The Morgan fingerprint density at radius 3 is 2.45 bits per heavy atom. The monoisotopic (exact) mass is 416 g/mol. The highest BCUT2D eigenvalue weighted by atomic mass is 127. The third-order valence-corrected chi connectivity index (χ3v) is 3.56. The van der Waals surface area contributed by atoms with Crippen LogP contribution in [0.15, 0.2) is 35.3 Å². The molecule has 6 heteroatoms. The molecule has 0 unspecified atom stereocenters. The van der Waals surface area contributed by atoms with Crippen molar-refractivity contribution in [1.29, 1.82) is 0 Å². The van der Waals surface area contributed by atoms with Crippen molar-refractivity contribution in [3.05, 3.63) is 35.9 Å². The number of carbonyl (C=O) groups is 1. The number of halogens is 1. The van der Waals surface area contributed by atoms with E-state index in [-0.39, 0.29) is 36.4 Å². The van der Waals surface area contributed by atoms with Crippen LogP contribution in [0, 0.1) is 0 Å². The topological polar surface area (TPSA) is 47.9 Å². The fraction of sp³-hybridized carbons (Fsp3) is 0.500. The molecule has 1 amide bonds. The van der Waals surface area contributed by atoms with E-state index in [0.717, 1.165) is 19.0 Å². The molecule has 1 N–H and O–H groups in total. The molecule has 1 heterocycles. The van der Waals surface area contributed by atoms with E-state index in [1.54, 1.807) is 19.0 Å². The number of benzene rings is 1. The maximum Gasteiger partial charge on any atom is 0.241 e. The molecule has 0 atom stereocenters. The number of carbonyl (C=O) groups excluding carboxylic acids is 1. The second-order valence-electron chi connectivity index (χ2n) is 5.46. The van der Waals surface area contributed by atoms with Crippen molar-refractivity contribution in [2.45, 2.75) is 19.4 Å². The summed E-state index contributed by atoms with van der Waals surface area (Å²) in [6, 6.07) is 10.2. The zero-order valence-electron chi connectivity index (χ0n) is 13.3. The zero-order chi connectivity index (χ0) is 15.1. The molecular formula is C16H25IN4O. The molecule has 5 nitrogen and oxygen atoms in total.